The third kappa shape index (κ3) is 3.99. The maximum Gasteiger partial charge on any atom is 0.232 e. The molecular formula is C20H22N4OS2. The Morgan fingerprint density at radius 1 is 1.11 bits per heavy atom. The number of hydrogen-bond donors (Lipinski definition) is 0. The largest absolute Gasteiger partial charge is 0.342 e. The van der Waals surface area contributed by atoms with Crippen molar-refractivity contribution in [3.05, 3.63) is 34.8 Å². The number of thiazole rings is 1. The smallest absolute Gasteiger partial charge is 0.232 e. The molecule has 1 fully saturated rings. The fourth-order valence-electron chi connectivity index (χ4n) is 3.28. The maximum absolute atomic E-state index is 12.5. The van der Waals surface area contributed by atoms with Crippen LogP contribution in [-0.4, -0.2) is 44.8 Å². The summed E-state index contributed by atoms with van der Waals surface area (Å²) in [5, 5.41) is 10.6. The number of carbonyl (C=O) groups is 1. The summed E-state index contributed by atoms with van der Waals surface area (Å²) in [5.41, 5.74) is 3.98. The van der Waals surface area contributed by atoms with Crippen LogP contribution in [0.5, 0.6) is 0 Å². The summed E-state index contributed by atoms with van der Waals surface area (Å²) in [6, 6.07) is 8.30. The second-order valence-corrected chi connectivity index (χ2v) is 9.03. The van der Waals surface area contributed by atoms with Gasteiger partial charge in [-0.25, -0.2) is 4.98 Å². The van der Waals surface area contributed by atoms with Gasteiger partial charge in [-0.05, 0) is 33.1 Å². The van der Waals surface area contributed by atoms with E-state index in [1.165, 1.54) is 23.7 Å². The first-order chi connectivity index (χ1) is 13.1. The van der Waals surface area contributed by atoms with Crippen LogP contribution in [0.15, 0.2) is 29.3 Å². The Balaban J connectivity index is 1.60. The Kier molecular flexibility index (Phi) is 5.41. The van der Waals surface area contributed by atoms with Crippen molar-refractivity contribution in [2.75, 3.05) is 18.8 Å². The zero-order valence-electron chi connectivity index (χ0n) is 15.6. The monoisotopic (exact) mass is 398 g/mol. The van der Waals surface area contributed by atoms with Gasteiger partial charge in [0.1, 0.15) is 16.2 Å². The van der Waals surface area contributed by atoms with Crippen LogP contribution >= 0.6 is 23.1 Å². The fraction of sp³-hybridized carbons (Fsp3) is 0.400. The summed E-state index contributed by atoms with van der Waals surface area (Å²) in [5.74, 6) is 0.578. The molecule has 2 aromatic heterocycles. The van der Waals surface area contributed by atoms with Gasteiger partial charge in [0.15, 0.2) is 0 Å². The lowest BCUT2D eigenvalue weighted by Crippen LogP contribution is -2.36. The lowest BCUT2D eigenvalue weighted by Gasteiger charge is -2.26. The van der Waals surface area contributed by atoms with Crippen molar-refractivity contribution in [1.82, 2.24) is 20.1 Å². The van der Waals surface area contributed by atoms with Crippen molar-refractivity contribution >= 4 is 39.2 Å². The van der Waals surface area contributed by atoms with Crippen LogP contribution in [0.1, 0.15) is 29.8 Å². The number of hydrogen-bond acceptors (Lipinski definition) is 6. The van der Waals surface area contributed by atoms with Crippen LogP contribution in [0.3, 0.4) is 0 Å². The van der Waals surface area contributed by atoms with Gasteiger partial charge in [0.25, 0.3) is 0 Å². The fourth-order valence-corrected chi connectivity index (χ4v) is 5.10. The van der Waals surface area contributed by atoms with Crippen LogP contribution < -0.4 is 0 Å². The molecule has 27 heavy (non-hydrogen) atoms. The van der Waals surface area contributed by atoms with Crippen LogP contribution in [-0.2, 0) is 4.79 Å². The zero-order chi connectivity index (χ0) is 18.8. The maximum atomic E-state index is 12.5. The molecule has 3 aromatic rings. The molecule has 4 rings (SSSR count). The van der Waals surface area contributed by atoms with E-state index in [2.05, 4.69) is 46.4 Å². The first kappa shape index (κ1) is 18.4. The molecule has 0 spiro atoms. The van der Waals surface area contributed by atoms with E-state index in [1.54, 1.807) is 11.3 Å². The van der Waals surface area contributed by atoms with Gasteiger partial charge in [-0.3, -0.25) is 4.79 Å². The SMILES string of the molecule is Cc1ccc(-c2nnc(SCC(=O)N3CCCCC3)c3nc(C)sc23)cc1. The molecule has 0 bridgehead atoms. The first-order valence-corrected chi connectivity index (χ1v) is 11.0. The highest BCUT2D eigenvalue weighted by Gasteiger charge is 2.20. The lowest BCUT2D eigenvalue weighted by molar-refractivity contribution is -0.129. The summed E-state index contributed by atoms with van der Waals surface area (Å²) in [6.45, 7) is 5.82. The Bertz CT molecular complexity index is 962. The molecule has 1 aliphatic heterocycles. The topological polar surface area (TPSA) is 59.0 Å². The number of carbonyl (C=O) groups excluding carboxylic acids is 1. The second kappa shape index (κ2) is 7.94. The standard InChI is InChI=1S/C20H22N4OS2/c1-13-6-8-15(9-7-13)17-19-18(21-14(2)27-19)20(23-22-17)26-12-16(25)24-10-4-3-5-11-24/h6-9H,3-5,10-12H2,1-2H3. The average molecular weight is 399 g/mol. The van der Waals surface area contributed by atoms with Crippen molar-refractivity contribution in [3.63, 3.8) is 0 Å². The minimum Gasteiger partial charge on any atom is -0.342 e. The number of thioether (sulfide) groups is 1. The minimum absolute atomic E-state index is 0.184. The Morgan fingerprint density at radius 3 is 2.59 bits per heavy atom. The van der Waals surface area contributed by atoms with Crippen LogP contribution in [0.4, 0.5) is 0 Å². The molecule has 1 amide bonds. The van der Waals surface area contributed by atoms with E-state index in [0.29, 0.717) is 5.75 Å². The molecule has 1 saturated heterocycles. The summed E-state index contributed by atoms with van der Waals surface area (Å²) < 4.78 is 1.04. The highest BCUT2D eigenvalue weighted by atomic mass is 32.2. The predicted molar refractivity (Wildman–Crippen MR) is 111 cm³/mol. The first-order valence-electron chi connectivity index (χ1n) is 9.23. The van der Waals surface area contributed by atoms with E-state index in [-0.39, 0.29) is 5.91 Å². The van der Waals surface area contributed by atoms with Crippen LogP contribution in [0, 0.1) is 13.8 Å². The van der Waals surface area contributed by atoms with Gasteiger partial charge >= 0.3 is 0 Å². The molecule has 3 heterocycles. The minimum atomic E-state index is 0.184. The van der Waals surface area contributed by atoms with Gasteiger partial charge in [-0.1, -0.05) is 41.6 Å². The third-order valence-corrected chi connectivity index (χ3v) is 6.68. The van der Waals surface area contributed by atoms with Crippen LogP contribution in [0.25, 0.3) is 21.5 Å². The number of nitrogens with zero attached hydrogens (tertiary/aromatic N) is 4. The second-order valence-electron chi connectivity index (χ2n) is 6.86. The molecule has 0 saturated carbocycles. The van der Waals surface area contributed by atoms with E-state index in [4.69, 9.17) is 0 Å². The Labute approximate surface area is 167 Å². The number of fused-ring (bicyclic) bond motifs is 1. The number of benzene rings is 1. The molecule has 1 aromatic carbocycles. The van der Waals surface area contributed by atoms with Crippen molar-refractivity contribution in [3.8, 4) is 11.3 Å². The van der Waals surface area contributed by atoms with E-state index >= 15 is 0 Å². The van der Waals surface area contributed by atoms with Crippen molar-refractivity contribution < 1.29 is 4.79 Å². The molecule has 7 heteroatoms. The van der Waals surface area contributed by atoms with Gasteiger partial charge < -0.3 is 4.90 Å². The number of amides is 1. The molecule has 5 nitrogen and oxygen atoms in total. The third-order valence-electron chi connectivity index (χ3n) is 4.76. The quantitative estimate of drug-likeness (QED) is 0.607. The summed E-state index contributed by atoms with van der Waals surface area (Å²) in [7, 11) is 0. The number of aryl methyl sites for hydroxylation is 2. The van der Waals surface area contributed by atoms with Gasteiger partial charge in [-0.15, -0.1) is 21.5 Å². The highest BCUT2D eigenvalue weighted by molar-refractivity contribution is 8.00. The van der Waals surface area contributed by atoms with Gasteiger partial charge in [0.2, 0.25) is 5.91 Å². The van der Waals surface area contributed by atoms with Crippen molar-refractivity contribution in [1.29, 1.82) is 0 Å². The Morgan fingerprint density at radius 2 is 1.85 bits per heavy atom. The molecule has 1 aliphatic rings. The normalized spacial score (nSPS) is 14.7. The molecule has 140 valence electrons. The highest BCUT2D eigenvalue weighted by Crippen LogP contribution is 2.35. The van der Waals surface area contributed by atoms with Crippen molar-refractivity contribution in [2.24, 2.45) is 0 Å². The molecular weight excluding hydrogens is 376 g/mol. The average Bonchev–Trinajstić information content (AvgIpc) is 3.09. The molecule has 0 unspecified atom stereocenters. The molecule has 0 radical (unpaired) electrons. The number of piperidine rings is 1. The number of rotatable bonds is 4. The summed E-state index contributed by atoms with van der Waals surface area (Å²) in [4.78, 5) is 19.1. The van der Waals surface area contributed by atoms with Gasteiger partial charge in [-0.2, -0.15) is 0 Å². The molecule has 0 atom stereocenters. The van der Waals surface area contributed by atoms with Gasteiger partial charge in [0, 0.05) is 18.7 Å². The summed E-state index contributed by atoms with van der Waals surface area (Å²) in [6.07, 6.45) is 3.44. The molecule has 0 N–H and O–H groups in total. The van der Waals surface area contributed by atoms with Crippen LogP contribution in [0.2, 0.25) is 0 Å². The summed E-state index contributed by atoms with van der Waals surface area (Å²) >= 11 is 3.08. The molecule has 0 aliphatic carbocycles. The zero-order valence-corrected chi connectivity index (χ0v) is 17.2. The van der Waals surface area contributed by atoms with E-state index in [1.807, 2.05) is 11.8 Å². The van der Waals surface area contributed by atoms with E-state index in [9.17, 15) is 4.79 Å². The number of aromatic nitrogens is 3. The van der Waals surface area contributed by atoms with Gasteiger partial charge in [0.05, 0.1) is 15.5 Å². The van der Waals surface area contributed by atoms with Crippen molar-refractivity contribution in [2.45, 2.75) is 38.1 Å². The van der Waals surface area contributed by atoms with E-state index in [0.717, 1.165) is 57.4 Å². The van der Waals surface area contributed by atoms with E-state index < -0.39 is 0 Å². The predicted octanol–water partition coefficient (Wildman–Crippen LogP) is 4.47. The number of likely N-dealkylation sites (tertiary alicyclic amines) is 1. The Hall–Kier alpha value is -1.99. The lowest BCUT2D eigenvalue weighted by atomic mass is 10.1.